The van der Waals surface area contributed by atoms with Gasteiger partial charge in [-0.1, -0.05) is 24.3 Å². The second-order valence-electron chi connectivity index (χ2n) is 6.00. The number of hydrogen-bond donors (Lipinski definition) is 1. The van der Waals surface area contributed by atoms with E-state index in [1.807, 2.05) is 19.1 Å². The first-order chi connectivity index (χ1) is 11.6. The maximum absolute atomic E-state index is 13.9. The molecule has 5 heteroatoms. The summed E-state index contributed by atoms with van der Waals surface area (Å²) in [6, 6.07) is 11.7. The van der Waals surface area contributed by atoms with Gasteiger partial charge in [0.25, 0.3) is 0 Å². The molecule has 128 valence electrons. The minimum absolute atomic E-state index is 0.205. The molecule has 24 heavy (non-hydrogen) atoms. The lowest BCUT2D eigenvalue weighted by Gasteiger charge is -2.31. The summed E-state index contributed by atoms with van der Waals surface area (Å²) in [4.78, 5) is 2.31. The average molecular weight is 332 g/mol. The topological polar surface area (TPSA) is 24.5 Å². The van der Waals surface area contributed by atoms with Gasteiger partial charge in [-0.15, -0.1) is 0 Å². The van der Waals surface area contributed by atoms with E-state index in [1.165, 1.54) is 17.8 Å². The van der Waals surface area contributed by atoms with Crippen LogP contribution in [0.15, 0.2) is 42.5 Å². The quantitative estimate of drug-likeness (QED) is 0.904. The van der Waals surface area contributed by atoms with Crippen molar-refractivity contribution in [1.29, 1.82) is 0 Å². The highest BCUT2D eigenvalue weighted by Crippen LogP contribution is 2.23. The Bertz CT molecular complexity index is 687. The molecule has 0 aromatic heterocycles. The van der Waals surface area contributed by atoms with Gasteiger partial charge >= 0.3 is 0 Å². The van der Waals surface area contributed by atoms with Crippen molar-refractivity contribution >= 4 is 5.69 Å². The number of nitrogens with zero attached hydrogens (tertiary/aromatic N) is 1. The number of benzene rings is 2. The second kappa shape index (κ2) is 7.73. The first-order valence-corrected chi connectivity index (χ1v) is 8.24. The van der Waals surface area contributed by atoms with Crippen LogP contribution in [-0.2, 0) is 11.3 Å². The Balaban J connectivity index is 1.70. The van der Waals surface area contributed by atoms with Crippen LogP contribution in [0.25, 0.3) is 0 Å². The molecule has 0 amide bonds. The summed E-state index contributed by atoms with van der Waals surface area (Å²) in [5, 5.41) is 3.33. The molecule has 3 rings (SSSR count). The zero-order chi connectivity index (χ0) is 16.9. The van der Waals surface area contributed by atoms with Crippen molar-refractivity contribution in [3.05, 3.63) is 65.2 Å². The molecule has 1 aliphatic heterocycles. The minimum Gasteiger partial charge on any atom is -0.378 e. The number of halogens is 2. The Hall–Kier alpha value is -1.98. The number of anilines is 1. The Morgan fingerprint density at radius 2 is 1.88 bits per heavy atom. The van der Waals surface area contributed by atoms with E-state index in [0.29, 0.717) is 12.1 Å². The van der Waals surface area contributed by atoms with Crippen molar-refractivity contribution in [3.8, 4) is 0 Å². The molecule has 2 aromatic rings. The van der Waals surface area contributed by atoms with Gasteiger partial charge in [0.15, 0.2) is 0 Å². The van der Waals surface area contributed by atoms with Crippen LogP contribution in [0.1, 0.15) is 24.1 Å². The van der Waals surface area contributed by atoms with Gasteiger partial charge < -0.3 is 15.0 Å². The Labute approximate surface area is 141 Å². The molecule has 1 unspecified atom stereocenters. The summed E-state index contributed by atoms with van der Waals surface area (Å²) < 4.78 is 32.3. The summed E-state index contributed by atoms with van der Waals surface area (Å²) >= 11 is 0. The fourth-order valence-electron chi connectivity index (χ4n) is 3.00. The monoisotopic (exact) mass is 332 g/mol. The van der Waals surface area contributed by atoms with Crippen LogP contribution in [0.3, 0.4) is 0 Å². The normalized spacial score (nSPS) is 16.2. The molecule has 1 aliphatic rings. The summed E-state index contributed by atoms with van der Waals surface area (Å²) in [7, 11) is 0. The SMILES string of the molecule is CC(NCc1ccccc1N1CCOCC1)c1ccc(F)cc1F. The zero-order valence-electron chi connectivity index (χ0n) is 13.8. The standard InChI is InChI=1S/C19H22F2N2O/c1-14(17-7-6-16(20)12-18(17)21)22-13-15-4-2-3-5-19(15)23-8-10-24-11-9-23/h2-7,12,14,22H,8-11,13H2,1H3. The van der Waals surface area contributed by atoms with E-state index in [2.05, 4.69) is 22.3 Å². The predicted octanol–water partition coefficient (Wildman–Crippen LogP) is 3.65. The molecular formula is C19H22F2N2O. The van der Waals surface area contributed by atoms with Gasteiger partial charge in [-0.05, 0) is 24.6 Å². The van der Waals surface area contributed by atoms with Crippen LogP contribution >= 0.6 is 0 Å². The summed E-state index contributed by atoms with van der Waals surface area (Å²) in [6.45, 7) is 5.72. The van der Waals surface area contributed by atoms with E-state index in [1.54, 1.807) is 0 Å². The molecule has 1 atom stereocenters. The largest absolute Gasteiger partial charge is 0.378 e. The zero-order valence-corrected chi connectivity index (χ0v) is 13.8. The smallest absolute Gasteiger partial charge is 0.130 e. The summed E-state index contributed by atoms with van der Waals surface area (Å²) in [5.41, 5.74) is 2.81. The highest BCUT2D eigenvalue weighted by Gasteiger charge is 2.16. The molecule has 1 N–H and O–H groups in total. The third-order valence-electron chi connectivity index (χ3n) is 4.37. The van der Waals surface area contributed by atoms with Crippen LogP contribution in [0.5, 0.6) is 0 Å². The Morgan fingerprint density at radius 3 is 2.62 bits per heavy atom. The molecule has 1 fully saturated rings. The van der Waals surface area contributed by atoms with E-state index in [-0.39, 0.29) is 6.04 Å². The van der Waals surface area contributed by atoms with E-state index in [4.69, 9.17) is 4.74 Å². The molecule has 1 saturated heterocycles. The van der Waals surface area contributed by atoms with Crippen molar-refractivity contribution in [2.75, 3.05) is 31.2 Å². The van der Waals surface area contributed by atoms with Crippen LogP contribution in [0, 0.1) is 11.6 Å². The van der Waals surface area contributed by atoms with Gasteiger partial charge in [-0.2, -0.15) is 0 Å². The van der Waals surface area contributed by atoms with Gasteiger partial charge in [0.05, 0.1) is 13.2 Å². The number of hydrogen-bond acceptors (Lipinski definition) is 3. The predicted molar refractivity (Wildman–Crippen MR) is 91.1 cm³/mol. The first kappa shape index (κ1) is 16.9. The van der Waals surface area contributed by atoms with E-state index >= 15 is 0 Å². The van der Waals surface area contributed by atoms with Crippen molar-refractivity contribution < 1.29 is 13.5 Å². The molecule has 0 saturated carbocycles. The third-order valence-corrected chi connectivity index (χ3v) is 4.37. The number of ether oxygens (including phenoxy) is 1. The second-order valence-corrected chi connectivity index (χ2v) is 6.00. The fourth-order valence-corrected chi connectivity index (χ4v) is 3.00. The minimum atomic E-state index is -0.555. The molecule has 2 aromatic carbocycles. The molecule has 1 heterocycles. The van der Waals surface area contributed by atoms with Crippen LogP contribution < -0.4 is 10.2 Å². The lowest BCUT2D eigenvalue weighted by molar-refractivity contribution is 0.122. The van der Waals surface area contributed by atoms with Crippen molar-refractivity contribution in [1.82, 2.24) is 5.32 Å². The molecule has 3 nitrogen and oxygen atoms in total. The average Bonchev–Trinajstić information content (AvgIpc) is 2.61. The number of morpholine rings is 1. The van der Waals surface area contributed by atoms with E-state index in [9.17, 15) is 8.78 Å². The van der Waals surface area contributed by atoms with Crippen LogP contribution in [0.2, 0.25) is 0 Å². The maximum Gasteiger partial charge on any atom is 0.130 e. The van der Waals surface area contributed by atoms with E-state index in [0.717, 1.165) is 37.9 Å². The van der Waals surface area contributed by atoms with Gasteiger partial charge in [0.1, 0.15) is 11.6 Å². The van der Waals surface area contributed by atoms with Crippen molar-refractivity contribution in [3.63, 3.8) is 0 Å². The lowest BCUT2D eigenvalue weighted by atomic mass is 10.1. The fraction of sp³-hybridized carbons (Fsp3) is 0.368. The Morgan fingerprint density at radius 1 is 1.12 bits per heavy atom. The van der Waals surface area contributed by atoms with Crippen molar-refractivity contribution in [2.24, 2.45) is 0 Å². The number of nitrogens with one attached hydrogen (secondary N) is 1. The number of para-hydroxylation sites is 1. The first-order valence-electron chi connectivity index (χ1n) is 8.24. The molecule has 0 spiro atoms. The van der Waals surface area contributed by atoms with E-state index < -0.39 is 11.6 Å². The van der Waals surface area contributed by atoms with Gasteiger partial charge in [0, 0.05) is 43.0 Å². The molecule has 0 aliphatic carbocycles. The Kier molecular flexibility index (Phi) is 5.43. The van der Waals surface area contributed by atoms with Crippen LogP contribution in [-0.4, -0.2) is 26.3 Å². The van der Waals surface area contributed by atoms with Gasteiger partial charge in [0.2, 0.25) is 0 Å². The number of rotatable bonds is 5. The molecule has 0 bridgehead atoms. The molecule has 0 radical (unpaired) electrons. The van der Waals surface area contributed by atoms with Gasteiger partial charge in [-0.3, -0.25) is 0 Å². The van der Waals surface area contributed by atoms with Gasteiger partial charge in [-0.25, -0.2) is 8.78 Å². The summed E-state index contributed by atoms with van der Waals surface area (Å²) in [5.74, 6) is -1.07. The maximum atomic E-state index is 13.9. The van der Waals surface area contributed by atoms with Crippen molar-refractivity contribution in [2.45, 2.75) is 19.5 Å². The summed E-state index contributed by atoms with van der Waals surface area (Å²) in [6.07, 6.45) is 0. The molecular weight excluding hydrogens is 310 g/mol. The lowest BCUT2D eigenvalue weighted by Crippen LogP contribution is -2.37. The highest BCUT2D eigenvalue weighted by molar-refractivity contribution is 5.54. The third kappa shape index (κ3) is 3.91. The van der Waals surface area contributed by atoms with Crippen LogP contribution in [0.4, 0.5) is 14.5 Å². The highest BCUT2D eigenvalue weighted by atomic mass is 19.1.